The van der Waals surface area contributed by atoms with E-state index in [1.54, 1.807) is 44.7 Å². The Morgan fingerprint density at radius 1 is 0.543 bits per heavy atom. The summed E-state index contributed by atoms with van der Waals surface area (Å²) in [4.78, 5) is 71.9. The number of aromatic carboxylic acids is 1. The summed E-state index contributed by atoms with van der Waals surface area (Å²) in [5.74, 6) is 1.44. The van der Waals surface area contributed by atoms with Crippen LogP contribution in [0.3, 0.4) is 0 Å². The lowest BCUT2D eigenvalue weighted by molar-refractivity contribution is 0.0189. The van der Waals surface area contributed by atoms with Crippen molar-refractivity contribution < 1.29 is 38.9 Å². The Balaban J connectivity index is 0.000000921. The smallest absolute Gasteiger partial charge is 0.367 e. The van der Waals surface area contributed by atoms with E-state index in [9.17, 15) is 24.3 Å². The van der Waals surface area contributed by atoms with Crippen LogP contribution in [0.15, 0.2) is 37.7 Å². The Morgan fingerprint density at radius 2 is 0.889 bits per heavy atom. The largest absolute Gasteiger partial charge is 0.476 e. The minimum absolute atomic E-state index is 0. The number of aldehydes is 1. The Labute approximate surface area is 508 Å². The second-order valence-corrected chi connectivity index (χ2v) is 26.6. The number of nitrogens with one attached hydrogen (secondary N) is 1. The number of hydrogen-bond donors (Lipinski definition) is 3. The van der Waals surface area contributed by atoms with Crippen LogP contribution in [0.1, 0.15) is 268 Å². The number of amides is 1. The topological polar surface area (TPSA) is 253 Å². The summed E-state index contributed by atoms with van der Waals surface area (Å²) in [5, 5.41) is 46.8. The van der Waals surface area contributed by atoms with Crippen LogP contribution in [0, 0.1) is 11.3 Å². The monoisotopic (exact) mass is 1250 g/mol. The van der Waals surface area contributed by atoms with Crippen molar-refractivity contribution in [2.75, 3.05) is 21.3 Å². The van der Waals surface area contributed by atoms with Crippen molar-refractivity contribution in [2.24, 2.45) is 0 Å². The minimum Gasteiger partial charge on any atom is -0.476 e. The number of carboxylic acids is 1. The van der Waals surface area contributed by atoms with E-state index >= 15 is 0 Å². The average molecular weight is 1250 g/mol. The van der Waals surface area contributed by atoms with E-state index < -0.39 is 11.6 Å². The third kappa shape index (κ3) is 27.2. The lowest BCUT2D eigenvalue weighted by atomic mass is 10.1. The van der Waals surface area contributed by atoms with E-state index in [0.29, 0.717) is 61.5 Å². The molecular weight excluding hydrogens is 1160 g/mol. The van der Waals surface area contributed by atoms with Crippen molar-refractivity contribution in [1.82, 2.24) is 40.2 Å². The van der Waals surface area contributed by atoms with Gasteiger partial charge in [-0.05, 0) is 69.1 Å². The normalized spacial score (nSPS) is 10.8. The summed E-state index contributed by atoms with van der Waals surface area (Å²) in [5.41, 5.74) is 5.98. The number of carbonyl (C=O) groups excluding carboxylic acids is 3. The molecule has 7 heterocycles. The molecule has 0 aliphatic rings. The molecule has 0 aromatic carbocycles. The van der Waals surface area contributed by atoms with Crippen LogP contribution in [-0.4, -0.2) is 90.5 Å². The standard InChI is InChI=1S/C10H17NOS.C9H15NOS.C8H12N2OS.C8H11NO2S.C7H8N2S.C7H9NO2S.C7H9NOS.CH4/c1-7(2)8-6-13-9(11-8)10(3,4)12-5;1-6(2)7-5-12-8(10-7)9(3,4)11;1-5(2)6-4-12-8(10-6)7(11)9-3;1-5(2)6-4-12-7(9-6)8(10)11-3;1-5(2)6-4-10-7(3-8)9-6;1-4(2)5-3-11-6(8-5)7(9)10;1-5(2)6-4-10-7(3-9)8-6;/h6-7H,1-5H3;5-6,11H,1-4H3;4-5H,1-3H3,(H,9,11);4-5H,1-3H3;4-5H,1-2H3;3-4H,1-2H3,(H,9,10);3-5H,1-2H3;1H4. The van der Waals surface area contributed by atoms with Gasteiger partial charge in [0.25, 0.3) is 5.91 Å². The fourth-order valence-corrected chi connectivity index (χ4v) is 11.4. The summed E-state index contributed by atoms with van der Waals surface area (Å²) in [6, 6.07) is 2.01. The molecule has 448 valence electrons. The molecular formula is C57H85N9O8S7. The molecule has 0 saturated heterocycles. The van der Waals surface area contributed by atoms with Crippen LogP contribution in [0.4, 0.5) is 0 Å². The number of ether oxygens (including phenoxy) is 2. The molecule has 0 radical (unpaired) electrons. The van der Waals surface area contributed by atoms with Gasteiger partial charge in [-0.15, -0.1) is 79.4 Å². The molecule has 0 spiro atoms. The van der Waals surface area contributed by atoms with Crippen LogP contribution >= 0.6 is 79.4 Å². The lowest BCUT2D eigenvalue weighted by Gasteiger charge is -2.19. The zero-order valence-electron chi connectivity index (χ0n) is 49.9. The van der Waals surface area contributed by atoms with Crippen molar-refractivity contribution in [3.8, 4) is 6.07 Å². The van der Waals surface area contributed by atoms with Gasteiger partial charge >= 0.3 is 11.9 Å². The highest BCUT2D eigenvalue weighted by Gasteiger charge is 2.24. The van der Waals surface area contributed by atoms with Crippen LogP contribution < -0.4 is 5.32 Å². The lowest BCUT2D eigenvalue weighted by Crippen LogP contribution is -2.19. The number of nitrogens with zero attached hydrogens (tertiary/aromatic N) is 8. The van der Waals surface area contributed by atoms with Gasteiger partial charge < -0.3 is 25.0 Å². The molecule has 0 bridgehead atoms. The predicted octanol–water partition coefficient (Wildman–Crippen LogP) is 16.1. The van der Waals surface area contributed by atoms with Crippen LogP contribution in [0.5, 0.6) is 0 Å². The number of aliphatic hydroxyl groups is 1. The van der Waals surface area contributed by atoms with Crippen molar-refractivity contribution in [1.29, 1.82) is 5.26 Å². The van der Waals surface area contributed by atoms with Gasteiger partial charge in [0.15, 0.2) is 21.3 Å². The highest BCUT2D eigenvalue weighted by Crippen LogP contribution is 2.30. The van der Waals surface area contributed by atoms with Crippen LogP contribution in [0.25, 0.3) is 0 Å². The Hall–Kier alpha value is -5.10. The van der Waals surface area contributed by atoms with E-state index in [0.717, 1.165) is 56.2 Å². The third-order valence-corrected chi connectivity index (χ3v) is 17.0. The second kappa shape index (κ2) is 37.2. The molecule has 0 aliphatic carbocycles. The van der Waals surface area contributed by atoms with Crippen molar-refractivity contribution in [2.45, 2.75) is 185 Å². The molecule has 0 fully saturated rings. The van der Waals surface area contributed by atoms with Crippen molar-refractivity contribution in [3.63, 3.8) is 0 Å². The van der Waals surface area contributed by atoms with Crippen LogP contribution in [-0.2, 0) is 20.7 Å². The van der Waals surface area contributed by atoms with Crippen molar-refractivity contribution in [3.05, 3.63) is 113 Å². The third-order valence-electron chi connectivity index (χ3n) is 10.5. The molecule has 81 heavy (non-hydrogen) atoms. The van der Waals surface area contributed by atoms with E-state index in [1.165, 1.54) is 75.1 Å². The molecule has 0 atom stereocenters. The number of rotatable bonds is 14. The maximum absolute atomic E-state index is 11.1. The average Bonchev–Trinajstić information content (AvgIpc) is 4.27. The van der Waals surface area contributed by atoms with E-state index in [2.05, 4.69) is 120 Å². The number of carboxylic acid groups (broad SMARTS) is 1. The van der Waals surface area contributed by atoms with Gasteiger partial charge in [-0.2, -0.15) is 5.26 Å². The molecule has 7 aromatic rings. The Bertz CT molecular complexity index is 2900. The summed E-state index contributed by atoms with van der Waals surface area (Å²) >= 11 is 9.89. The highest BCUT2D eigenvalue weighted by molar-refractivity contribution is 7.12. The van der Waals surface area contributed by atoms with Gasteiger partial charge in [-0.25, -0.2) is 44.5 Å². The van der Waals surface area contributed by atoms with Gasteiger partial charge in [-0.1, -0.05) is 104 Å². The fraction of sp³-hybridized carbons (Fsp3) is 0.544. The van der Waals surface area contributed by atoms with Gasteiger partial charge in [0.1, 0.15) is 27.3 Å². The molecule has 7 rings (SSSR count). The second-order valence-electron chi connectivity index (χ2n) is 20.5. The maximum Gasteiger partial charge on any atom is 0.367 e. The fourth-order valence-electron chi connectivity index (χ4n) is 5.11. The zero-order valence-corrected chi connectivity index (χ0v) is 55.7. The first-order valence-electron chi connectivity index (χ1n) is 25.6. The van der Waals surface area contributed by atoms with E-state index in [-0.39, 0.29) is 29.9 Å². The molecule has 3 N–H and O–H groups in total. The summed E-state index contributed by atoms with van der Waals surface area (Å²) in [6.45, 7) is 36.5. The summed E-state index contributed by atoms with van der Waals surface area (Å²) in [6.07, 6.45) is 0.788. The molecule has 7 aromatic heterocycles. The highest BCUT2D eigenvalue weighted by atomic mass is 32.1. The number of nitriles is 1. The number of methoxy groups -OCH3 is 2. The van der Waals surface area contributed by atoms with Gasteiger partial charge in [0, 0.05) is 51.8 Å². The molecule has 0 aliphatic heterocycles. The number of aromatic nitrogens is 7. The summed E-state index contributed by atoms with van der Waals surface area (Å²) < 4.78 is 9.90. The number of thiazole rings is 7. The quantitative estimate of drug-likeness (QED) is 0.0676. The zero-order chi connectivity index (χ0) is 61.2. The van der Waals surface area contributed by atoms with E-state index in [4.69, 9.17) is 15.1 Å². The first-order chi connectivity index (χ1) is 37.3. The number of hydrogen-bond acceptors (Lipinski definition) is 22. The van der Waals surface area contributed by atoms with Gasteiger partial charge in [0.05, 0.1) is 47.0 Å². The Kier molecular flexibility index (Phi) is 34.8. The number of esters is 1. The molecule has 17 nitrogen and oxygen atoms in total. The molecule has 1 amide bonds. The Morgan fingerprint density at radius 3 is 1.19 bits per heavy atom. The summed E-state index contributed by atoms with van der Waals surface area (Å²) in [7, 11) is 4.69. The van der Waals surface area contributed by atoms with Gasteiger partial charge in [0.2, 0.25) is 10.0 Å². The molecule has 24 heteroatoms. The molecule has 0 unspecified atom stereocenters. The minimum atomic E-state index is -0.943. The van der Waals surface area contributed by atoms with E-state index in [1.807, 2.05) is 74.5 Å². The first kappa shape index (κ1) is 75.9. The predicted molar refractivity (Wildman–Crippen MR) is 337 cm³/mol. The maximum atomic E-state index is 11.1. The SMILES string of the molecule is C.CC(C)c1csc(C#N)n1.CC(C)c1csc(C(=O)O)n1.CC(C)c1csc(C(C)(C)O)n1.CC(C)c1csc(C=O)n1.CNC(=O)c1nc(C(C)C)cs1.COC(=O)c1nc(C(C)C)cs1.COC(C)(C)c1nc(C(C)C)cs1. The molecule has 0 saturated carbocycles. The first-order valence-corrected chi connectivity index (χ1v) is 31.8. The van der Waals surface area contributed by atoms with Crippen molar-refractivity contribution >= 4 is 103 Å². The number of carbonyl (C=O) groups is 4. The van der Waals surface area contributed by atoms with Crippen LogP contribution in [0.2, 0.25) is 0 Å². The van der Waals surface area contributed by atoms with Gasteiger partial charge in [-0.3, -0.25) is 9.59 Å².